The van der Waals surface area contributed by atoms with Gasteiger partial charge < -0.3 is 18.8 Å². The number of ether oxygens (including phenoxy) is 2. The summed E-state index contributed by atoms with van der Waals surface area (Å²) in [7, 11) is 1.58. The molecule has 0 aromatic carbocycles. The molecule has 1 saturated heterocycles. The molecule has 4 rings (SSSR count). The van der Waals surface area contributed by atoms with Gasteiger partial charge in [-0.3, -0.25) is 4.79 Å². The van der Waals surface area contributed by atoms with Crippen molar-refractivity contribution in [1.29, 1.82) is 0 Å². The lowest BCUT2D eigenvalue weighted by atomic mass is 9.94. The Labute approximate surface area is 193 Å². The smallest absolute Gasteiger partial charge is 0.410 e. The van der Waals surface area contributed by atoms with Gasteiger partial charge in [-0.1, -0.05) is 13.8 Å². The molecule has 0 N–H and O–H groups in total. The normalized spacial score (nSPS) is 16.2. The molecule has 178 valence electrons. The van der Waals surface area contributed by atoms with Crippen LogP contribution in [0.4, 0.5) is 4.79 Å². The maximum atomic E-state index is 12.6. The van der Waals surface area contributed by atoms with Gasteiger partial charge in [-0.15, -0.1) is 0 Å². The summed E-state index contributed by atoms with van der Waals surface area (Å²) in [4.78, 5) is 30.2. The van der Waals surface area contributed by atoms with E-state index in [0.29, 0.717) is 36.5 Å². The number of nitrogens with zero attached hydrogens (tertiary/aromatic N) is 4. The zero-order valence-corrected chi connectivity index (χ0v) is 20.1. The summed E-state index contributed by atoms with van der Waals surface area (Å²) in [5.74, 6) is 0.815. The highest BCUT2D eigenvalue weighted by molar-refractivity contribution is 5.81. The number of furan rings is 1. The number of likely N-dealkylation sites (tertiary alicyclic amines) is 1. The second-order valence-electron chi connectivity index (χ2n) is 8.64. The molecular formula is C24H32N4O5. The fourth-order valence-corrected chi connectivity index (χ4v) is 3.78. The number of hydrogen-bond donors (Lipinski definition) is 0. The lowest BCUT2D eigenvalue weighted by Gasteiger charge is -2.34. The lowest BCUT2D eigenvalue weighted by Crippen LogP contribution is -2.42. The Morgan fingerprint density at radius 3 is 2.67 bits per heavy atom. The minimum atomic E-state index is -0.540. The van der Waals surface area contributed by atoms with Crippen molar-refractivity contribution in [1.82, 2.24) is 19.5 Å². The number of fused-ring (bicyclic) bond motifs is 1. The Bertz CT molecular complexity index is 1110. The molecule has 33 heavy (non-hydrogen) atoms. The van der Waals surface area contributed by atoms with Gasteiger partial charge in [0.05, 0.1) is 25.3 Å². The van der Waals surface area contributed by atoms with Gasteiger partial charge in [-0.2, -0.15) is 9.61 Å². The summed E-state index contributed by atoms with van der Waals surface area (Å²) in [5.41, 5.74) is 2.32. The molecule has 1 aliphatic rings. The quantitative estimate of drug-likeness (QED) is 0.512. The minimum Gasteiger partial charge on any atom is -0.481 e. The van der Waals surface area contributed by atoms with Gasteiger partial charge in [-0.25, -0.2) is 9.78 Å². The van der Waals surface area contributed by atoms with Crippen LogP contribution in [0.1, 0.15) is 69.6 Å². The molecule has 0 saturated carbocycles. The molecule has 9 heteroatoms. The average molecular weight is 457 g/mol. The molecule has 0 radical (unpaired) electrons. The first-order valence-electron chi connectivity index (χ1n) is 11.2. The topological polar surface area (TPSA) is 99.2 Å². The van der Waals surface area contributed by atoms with Crippen molar-refractivity contribution in [2.24, 2.45) is 0 Å². The Morgan fingerprint density at radius 2 is 2.03 bits per heavy atom. The van der Waals surface area contributed by atoms with Crippen LogP contribution in [-0.4, -0.2) is 57.7 Å². The summed E-state index contributed by atoms with van der Waals surface area (Å²) in [6.45, 7) is 10.8. The molecule has 0 bridgehead atoms. The van der Waals surface area contributed by atoms with Gasteiger partial charge in [0, 0.05) is 36.2 Å². The first-order valence-corrected chi connectivity index (χ1v) is 11.2. The summed E-state index contributed by atoms with van der Waals surface area (Å²) >= 11 is 0. The average Bonchev–Trinajstić information content (AvgIpc) is 3.45. The molecular weight excluding hydrogens is 424 g/mol. The van der Waals surface area contributed by atoms with E-state index in [1.807, 2.05) is 40.7 Å². The van der Waals surface area contributed by atoms with Crippen LogP contribution in [-0.2, 0) is 4.74 Å². The monoisotopic (exact) mass is 456 g/mol. The highest BCUT2D eigenvalue weighted by Gasteiger charge is 2.30. The van der Waals surface area contributed by atoms with Gasteiger partial charge in [-0.05, 0) is 39.7 Å². The number of carbonyl (C=O) groups excluding carboxylic acids is 2. The van der Waals surface area contributed by atoms with E-state index in [-0.39, 0.29) is 17.8 Å². The first kappa shape index (κ1) is 24.3. The van der Waals surface area contributed by atoms with E-state index in [0.717, 1.165) is 24.1 Å². The number of piperidine rings is 1. The van der Waals surface area contributed by atoms with Crippen molar-refractivity contribution in [2.45, 2.75) is 59.0 Å². The Kier molecular flexibility index (Phi) is 7.40. The summed E-state index contributed by atoms with van der Waals surface area (Å²) in [5, 5.41) is 4.39. The van der Waals surface area contributed by atoms with Crippen molar-refractivity contribution in [3.63, 3.8) is 0 Å². The minimum absolute atomic E-state index is 0.0396. The molecule has 1 aliphatic heterocycles. The molecule has 0 aliphatic carbocycles. The van der Waals surface area contributed by atoms with E-state index in [2.05, 4.69) is 5.10 Å². The number of amides is 1. The Hall–Kier alpha value is -3.36. The van der Waals surface area contributed by atoms with E-state index in [1.165, 1.54) is 6.26 Å². The molecule has 3 aromatic heterocycles. The third kappa shape index (κ3) is 5.35. The van der Waals surface area contributed by atoms with Crippen LogP contribution >= 0.6 is 0 Å². The molecule has 1 fully saturated rings. The molecule has 1 unspecified atom stereocenters. The lowest BCUT2D eigenvalue weighted by molar-refractivity contribution is 0.0197. The highest BCUT2D eigenvalue weighted by atomic mass is 16.6. The molecule has 4 heterocycles. The van der Waals surface area contributed by atoms with Crippen LogP contribution in [0.15, 0.2) is 29.0 Å². The molecule has 1 amide bonds. The second kappa shape index (κ2) is 10.1. The van der Waals surface area contributed by atoms with E-state index >= 15 is 0 Å². The largest absolute Gasteiger partial charge is 0.481 e. The van der Waals surface area contributed by atoms with Crippen LogP contribution in [0.3, 0.4) is 0 Å². The molecule has 0 spiro atoms. The summed E-state index contributed by atoms with van der Waals surface area (Å²) in [6.07, 6.45) is 5.28. The number of methoxy groups -OCH3 is 1. The zero-order chi connectivity index (χ0) is 24.2. The van der Waals surface area contributed by atoms with Gasteiger partial charge in [0.15, 0.2) is 17.7 Å². The van der Waals surface area contributed by atoms with Gasteiger partial charge >= 0.3 is 6.09 Å². The maximum Gasteiger partial charge on any atom is 0.410 e. The predicted octanol–water partition coefficient (Wildman–Crippen LogP) is 4.95. The number of aromatic nitrogens is 3. The van der Waals surface area contributed by atoms with E-state index < -0.39 is 5.60 Å². The van der Waals surface area contributed by atoms with Crippen molar-refractivity contribution in [3.05, 3.63) is 36.0 Å². The summed E-state index contributed by atoms with van der Waals surface area (Å²) in [6, 6.07) is 3.51. The van der Waals surface area contributed by atoms with E-state index in [9.17, 15) is 9.59 Å². The fourth-order valence-electron chi connectivity index (χ4n) is 3.78. The van der Waals surface area contributed by atoms with Crippen LogP contribution in [0, 0.1) is 0 Å². The number of carbonyl (C=O) groups is 2. The van der Waals surface area contributed by atoms with Gasteiger partial charge in [0.2, 0.25) is 5.88 Å². The number of hydrogen-bond acceptors (Lipinski definition) is 7. The van der Waals surface area contributed by atoms with Crippen LogP contribution in [0.25, 0.3) is 16.8 Å². The van der Waals surface area contributed by atoms with Crippen LogP contribution < -0.4 is 4.74 Å². The van der Waals surface area contributed by atoms with Crippen LogP contribution in [0.2, 0.25) is 0 Å². The van der Waals surface area contributed by atoms with E-state index in [4.69, 9.17) is 18.9 Å². The van der Waals surface area contributed by atoms with Gasteiger partial charge in [0.25, 0.3) is 0 Å². The third-order valence-corrected chi connectivity index (χ3v) is 5.21. The molecule has 9 nitrogen and oxygen atoms in total. The zero-order valence-electron chi connectivity index (χ0n) is 20.1. The van der Waals surface area contributed by atoms with Crippen molar-refractivity contribution >= 4 is 18.0 Å². The first-order chi connectivity index (χ1) is 15.8. The molecule has 1 atom stereocenters. The van der Waals surface area contributed by atoms with E-state index in [1.54, 1.807) is 28.8 Å². The highest BCUT2D eigenvalue weighted by Crippen LogP contribution is 2.32. The SMILES string of the molecule is CC.COc1cc(C2CCCN(C(=O)OC(C)(C)C)C2)nc2c(-c3coc(C=O)c3)cnn12. The van der Waals surface area contributed by atoms with Crippen LogP contribution in [0.5, 0.6) is 5.88 Å². The van der Waals surface area contributed by atoms with Crippen molar-refractivity contribution < 1.29 is 23.5 Å². The maximum absolute atomic E-state index is 12.6. The third-order valence-electron chi connectivity index (χ3n) is 5.21. The standard InChI is InChI=1S/C22H26N4O5.C2H6/c1-22(2,3)31-21(28)25-7-5-6-14(11-25)18-9-19(29-4)26-20(24-18)17(10-23-26)15-8-16(12-27)30-13-15;1-2/h8-10,12-14H,5-7,11H2,1-4H3;1-2H3. The number of rotatable bonds is 4. The molecule has 3 aromatic rings. The van der Waals surface area contributed by atoms with Crippen molar-refractivity contribution in [3.8, 4) is 17.0 Å². The van der Waals surface area contributed by atoms with Gasteiger partial charge in [0.1, 0.15) is 5.60 Å². The Balaban J connectivity index is 0.00000149. The van der Waals surface area contributed by atoms with Crippen molar-refractivity contribution in [2.75, 3.05) is 20.2 Å². The predicted molar refractivity (Wildman–Crippen MR) is 124 cm³/mol. The fraction of sp³-hybridized carbons (Fsp3) is 0.500. The second-order valence-corrected chi connectivity index (χ2v) is 8.64. The Morgan fingerprint density at radius 1 is 1.27 bits per heavy atom. The summed E-state index contributed by atoms with van der Waals surface area (Å²) < 4.78 is 18.0. The number of aldehydes is 1.